The van der Waals surface area contributed by atoms with Crippen LogP contribution in [0.15, 0.2) is 34.9 Å². The van der Waals surface area contributed by atoms with E-state index in [4.69, 9.17) is 23.2 Å². The Labute approximate surface area is 126 Å². The molecule has 0 bridgehead atoms. The molecule has 0 atom stereocenters. The van der Waals surface area contributed by atoms with Crippen molar-refractivity contribution in [2.45, 2.75) is 0 Å². The first-order chi connectivity index (χ1) is 8.95. The van der Waals surface area contributed by atoms with Gasteiger partial charge in [-0.2, -0.15) is 0 Å². The second kappa shape index (κ2) is 5.73. The van der Waals surface area contributed by atoms with Crippen LogP contribution in [0.5, 0.6) is 0 Å². The molecular weight excluding hydrogens is 357 g/mol. The van der Waals surface area contributed by atoms with Crippen molar-refractivity contribution in [1.82, 2.24) is 4.98 Å². The molecule has 0 spiro atoms. The van der Waals surface area contributed by atoms with Crippen LogP contribution in [0.2, 0.25) is 10.0 Å². The van der Waals surface area contributed by atoms with Gasteiger partial charge >= 0.3 is 5.69 Å². The van der Waals surface area contributed by atoms with Crippen LogP contribution in [0.3, 0.4) is 0 Å². The van der Waals surface area contributed by atoms with Crippen LogP contribution in [-0.2, 0) is 0 Å². The van der Waals surface area contributed by atoms with Crippen molar-refractivity contribution in [3.8, 4) is 0 Å². The van der Waals surface area contributed by atoms with Gasteiger partial charge in [0.1, 0.15) is 0 Å². The summed E-state index contributed by atoms with van der Waals surface area (Å²) in [5, 5.41) is 14.6. The monoisotopic (exact) mass is 361 g/mol. The maximum Gasteiger partial charge on any atom is 0.312 e. The van der Waals surface area contributed by atoms with Crippen LogP contribution in [0.1, 0.15) is 0 Å². The molecule has 0 fully saturated rings. The molecule has 0 amide bonds. The minimum Gasteiger partial charge on any atom is -0.334 e. The standard InChI is InChI=1S/C11H6BrCl2N3O2/c12-6-1-10(17(18)19)11(15-5-6)16-9-3-7(13)2-8(14)4-9/h1-5H,(H,15,16). The van der Waals surface area contributed by atoms with Gasteiger partial charge in [-0.05, 0) is 34.1 Å². The molecule has 1 N–H and O–H groups in total. The summed E-state index contributed by atoms with van der Waals surface area (Å²) in [6.45, 7) is 0. The SMILES string of the molecule is O=[N+]([O-])c1cc(Br)cnc1Nc1cc(Cl)cc(Cl)c1. The number of aromatic nitrogens is 1. The highest BCUT2D eigenvalue weighted by Crippen LogP contribution is 2.30. The van der Waals surface area contributed by atoms with E-state index < -0.39 is 4.92 Å². The first kappa shape index (κ1) is 14.0. The molecule has 0 aliphatic carbocycles. The molecule has 19 heavy (non-hydrogen) atoms. The number of anilines is 2. The fourth-order valence-corrected chi connectivity index (χ4v) is 2.27. The number of nitro groups is 1. The molecule has 1 heterocycles. The van der Waals surface area contributed by atoms with E-state index >= 15 is 0 Å². The van der Waals surface area contributed by atoms with Crippen molar-refractivity contribution in [1.29, 1.82) is 0 Å². The third-order valence-electron chi connectivity index (χ3n) is 2.16. The summed E-state index contributed by atoms with van der Waals surface area (Å²) in [5.41, 5.74) is 0.376. The molecule has 0 radical (unpaired) electrons. The van der Waals surface area contributed by atoms with Crippen LogP contribution >= 0.6 is 39.1 Å². The summed E-state index contributed by atoms with van der Waals surface area (Å²) in [4.78, 5) is 14.4. The summed E-state index contributed by atoms with van der Waals surface area (Å²) < 4.78 is 0.522. The lowest BCUT2D eigenvalue weighted by molar-refractivity contribution is -0.384. The van der Waals surface area contributed by atoms with Crippen LogP contribution in [0.4, 0.5) is 17.2 Å². The minimum absolute atomic E-state index is 0.117. The fourth-order valence-electron chi connectivity index (χ4n) is 1.43. The van der Waals surface area contributed by atoms with E-state index in [0.29, 0.717) is 20.2 Å². The maximum atomic E-state index is 11.0. The van der Waals surface area contributed by atoms with E-state index in [2.05, 4.69) is 26.2 Å². The first-order valence-electron chi connectivity index (χ1n) is 4.99. The van der Waals surface area contributed by atoms with Gasteiger partial charge in [0.25, 0.3) is 0 Å². The number of hydrogen-bond acceptors (Lipinski definition) is 4. The number of halogens is 3. The van der Waals surface area contributed by atoms with Crippen molar-refractivity contribution in [2.24, 2.45) is 0 Å². The van der Waals surface area contributed by atoms with Crippen molar-refractivity contribution >= 4 is 56.3 Å². The van der Waals surface area contributed by atoms with Crippen LogP contribution in [0.25, 0.3) is 0 Å². The third kappa shape index (κ3) is 3.56. The van der Waals surface area contributed by atoms with E-state index in [0.717, 1.165) is 0 Å². The number of hydrogen-bond donors (Lipinski definition) is 1. The molecule has 5 nitrogen and oxygen atoms in total. The van der Waals surface area contributed by atoms with Gasteiger partial charge in [0.15, 0.2) is 0 Å². The molecule has 0 saturated heterocycles. The van der Waals surface area contributed by atoms with Gasteiger partial charge in [0.2, 0.25) is 5.82 Å². The Kier molecular flexibility index (Phi) is 4.24. The second-order valence-corrected chi connectivity index (χ2v) is 5.35. The Balaban J connectivity index is 2.40. The summed E-state index contributed by atoms with van der Waals surface area (Å²) in [7, 11) is 0. The van der Waals surface area contributed by atoms with Gasteiger partial charge in [-0.15, -0.1) is 0 Å². The number of pyridine rings is 1. The van der Waals surface area contributed by atoms with Gasteiger partial charge in [-0.1, -0.05) is 23.2 Å². The molecule has 0 unspecified atom stereocenters. The smallest absolute Gasteiger partial charge is 0.312 e. The van der Waals surface area contributed by atoms with Gasteiger partial charge in [0, 0.05) is 32.5 Å². The summed E-state index contributed by atoms with van der Waals surface area (Å²) in [6.07, 6.45) is 1.46. The molecule has 1 aromatic carbocycles. The molecule has 2 rings (SSSR count). The Morgan fingerprint density at radius 3 is 2.42 bits per heavy atom. The van der Waals surface area contributed by atoms with Gasteiger partial charge < -0.3 is 5.32 Å². The first-order valence-corrected chi connectivity index (χ1v) is 6.53. The van der Waals surface area contributed by atoms with Crippen molar-refractivity contribution in [3.05, 3.63) is 55.1 Å². The molecule has 98 valence electrons. The summed E-state index contributed by atoms with van der Waals surface area (Å²) >= 11 is 14.9. The Bertz CT molecular complexity index is 632. The highest BCUT2D eigenvalue weighted by molar-refractivity contribution is 9.10. The number of rotatable bonds is 3. The lowest BCUT2D eigenvalue weighted by atomic mass is 10.3. The largest absolute Gasteiger partial charge is 0.334 e. The normalized spacial score (nSPS) is 10.3. The molecule has 0 saturated carbocycles. The van der Waals surface area contributed by atoms with E-state index in [1.165, 1.54) is 12.3 Å². The van der Waals surface area contributed by atoms with E-state index in [9.17, 15) is 10.1 Å². The Hall–Kier alpha value is -1.37. The lowest BCUT2D eigenvalue weighted by Gasteiger charge is -2.07. The molecule has 0 aliphatic heterocycles. The van der Waals surface area contributed by atoms with Gasteiger partial charge in [0.05, 0.1) is 4.92 Å². The molecule has 1 aromatic heterocycles. The van der Waals surface area contributed by atoms with Gasteiger partial charge in [-0.3, -0.25) is 10.1 Å². The number of nitrogens with zero attached hydrogens (tertiary/aromatic N) is 2. The quantitative estimate of drug-likeness (QED) is 0.628. The lowest BCUT2D eigenvalue weighted by Crippen LogP contribution is -1.99. The van der Waals surface area contributed by atoms with Crippen molar-refractivity contribution in [2.75, 3.05) is 5.32 Å². The average molecular weight is 363 g/mol. The predicted octanol–water partition coefficient (Wildman–Crippen LogP) is 4.80. The zero-order valence-corrected chi connectivity index (χ0v) is 12.3. The minimum atomic E-state index is -0.522. The summed E-state index contributed by atoms with van der Waals surface area (Å²) in [6, 6.07) is 6.13. The molecule has 2 aromatic rings. The molecule has 8 heteroatoms. The van der Waals surface area contributed by atoms with E-state index in [1.54, 1.807) is 18.2 Å². The van der Waals surface area contributed by atoms with Crippen LogP contribution in [-0.4, -0.2) is 9.91 Å². The topological polar surface area (TPSA) is 68.1 Å². The third-order valence-corrected chi connectivity index (χ3v) is 3.03. The van der Waals surface area contributed by atoms with Crippen molar-refractivity contribution in [3.63, 3.8) is 0 Å². The van der Waals surface area contributed by atoms with Gasteiger partial charge in [-0.25, -0.2) is 4.98 Å². The highest BCUT2D eigenvalue weighted by Gasteiger charge is 2.16. The van der Waals surface area contributed by atoms with Crippen molar-refractivity contribution < 1.29 is 4.92 Å². The van der Waals surface area contributed by atoms with Crippen LogP contribution < -0.4 is 5.32 Å². The van der Waals surface area contributed by atoms with E-state index in [-0.39, 0.29) is 11.5 Å². The highest BCUT2D eigenvalue weighted by atomic mass is 79.9. The summed E-state index contributed by atoms with van der Waals surface area (Å²) in [5.74, 6) is 0.117. The zero-order valence-electron chi connectivity index (χ0n) is 9.23. The average Bonchev–Trinajstić information content (AvgIpc) is 2.30. The number of nitrogens with one attached hydrogen (secondary N) is 1. The second-order valence-electron chi connectivity index (χ2n) is 3.56. The van der Waals surface area contributed by atoms with E-state index in [1.807, 2.05) is 0 Å². The fraction of sp³-hybridized carbons (Fsp3) is 0. The Morgan fingerprint density at radius 1 is 1.21 bits per heavy atom. The zero-order chi connectivity index (χ0) is 14.0. The Morgan fingerprint density at radius 2 is 1.84 bits per heavy atom. The van der Waals surface area contributed by atoms with Crippen LogP contribution in [0, 0.1) is 10.1 Å². The number of benzene rings is 1. The molecular formula is C11H6BrCl2N3O2. The predicted molar refractivity (Wildman–Crippen MR) is 78.3 cm³/mol. The molecule has 0 aliphatic rings. The maximum absolute atomic E-state index is 11.0.